The number of pyridine rings is 1. The van der Waals surface area contributed by atoms with Gasteiger partial charge in [-0.2, -0.15) is 0 Å². The van der Waals surface area contributed by atoms with Gasteiger partial charge in [0.25, 0.3) is 5.91 Å². The van der Waals surface area contributed by atoms with E-state index in [0.29, 0.717) is 25.3 Å². The molecule has 2 heterocycles. The predicted octanol–water partition coefficient (Wildman–Crippen LogP) is 4.61. The second-order valence-electron chi connectivity index (χ2n) is 10.3. The number of carbonyl (C=O) groups is 1. The van der Waals surface area contributed by atoms with Crippen LogP contribution < -0.4 is 15.8 Å². The minimum absolute atomic E-state index is 0.0245. The molecule has 0 unspecified atom stereocenters. The Hall–Kier alpha value is -3.53. The van der Waals surface area contributed by atoms with E-state index in [9.17, 15) is 14.3 Å². The quantitative estimate of drug-likeness (QED) is 0.406. The SMILES string of the molecule is NC1CCC(NC(=O)c2cc(F)cnc2Oc2c(CN3CCCOCC3)ccc(-c3ccccc3)c2O)CC1. The van der Waals surface area contributed by atoms with Crippen LogP contribution in [0, 0.1) is 5.82 Å². The van der Waals surface area contributed by atoms with E-state index < -0.39 is 11.7 Å². The van der Waals surface area contributed by atoms with Gasteiger partial charge in [-0.1, -0.05) is 42.5 Å². The molecule has 1 aliphatic carbocycles. The van der Waals surface area contributed by atoms with E-state index in [-0.39, 0.29) is 35.0 Å². The Labute approximate surface area is 227 Å². The summed E-state index contributed by atoms with van der Waals surface area (Å²) in [7, 11) is 0. The number of phenolic OH excluding ortho intramolecular Hbond substituents is 1. The van der Waals surface area contributed by atoms with Gasteiger partial charge in [0.1, 0.15) is 11.4 Å². The lowest BCUT2D eigenvalue weighted by Crippen LogP contribution is -2.40. The molecule has 0 radical (unpaired) electrons. The van der Waals surface area contributed by atoms with Crippen LogP contribution in [0.5, 0.6) is 17.4 Å². The first-order chi connectivity index (χ1) is 19.0. The van der Waals surface area contributed by atoms with Crippen molar-refractivity contribution in [1.82, 2.24) is 15.2 Å². The van der Waals surface area contributed by atoms with Crippen LogP contribution in [-0.2, 0) is 11.3 Å². The van der Waals surface area contributed by atoms with Gasteiger partial charge in [0.2, 0.25) is 5.88 Å². The molecule has 0 bridgehead atoms. The topological polar surface area (TPSA) is 110 Å². The Balaban J connectivity index is 1.48. The minimum Gasteiger partial charge on any atom is -0.504 e. The van der Waals surface area contributed by atoms with Gasteiger partial charge in [0.05, 0.1) is 12.8 Å². The Morgan fingerprint density at radius 3 is 2.72 bits per heavy atom. The van der Waals surface area contributed by atoms with Gasteiger partial charge in [0, 0.05) is 49.5 Å². The summed E-state index contributed by atoms with van der Waals surface area (Å²) < 4.78 is 26.1. The molecule has 1 saturated carbocycles. The molecule has 2 aromatic carbocycles. The van der Waals surface area contributed by atoms with Gasteiger partial charge in [-0.25, -0.2) is 9.37 Å². The predicted molar refractivity (Wildman–Crippen MR) is 146 cm³/mol. The zero-order chi connectivity index (χ0) is 27.2. The summed E-state index contributed by atoms with van der Waals surface area (Å²) in [5, 5.41) is 14.4. The molecular weight excluding hydrogens is 499 g/mol. The highest BCUT2D eigenvalue weighted by molar-refractivity contribution is 5.96. The van der Waals surface area contributed by atoms with Gasteiger partial charge in [-0.15, -0.1) is 0 Å². The van der Waals surface area contributed by atoms with E-state index in [0.717, 1.165) is 68.6 Å². The molecule has 2 aliphatic rings. The number of aromatic nitrogens is 1. The van der Waals surface area contributed by atoms with Crippen molar-refractivity contribution in [2.75, 3.05) is 26.3 Å². The lowest BCUT2D eigenvalue weighted by molar-refractivity contribution is 0.0922. The van der Waals surface area contributed by atoms with Crippen LogP contribution in [0.4, 0.5) is 4.39 Å². The standard InChI is InChI=1S/C30H35FN4O4/c31-22-17-26(29(37)34-24-10-8-23(32)9-11-24)30(33-18-22)39-28-21(19-35-13-4-15-38-16-14-35)7-12-25(27(28)36)20-5-2-1-3-6-20/h1-3,5-7,12,17-18,23-24,36H,4,8-11,13-16,19,32H2,(H,34,37). The Morgan fingerprint density at radius 2 is 1.92 bits per heavy atom. The Bertz CT molecular complexity index is 1270. The maximum atomic E-state index is 14.3. The Kier molecular flexibility index (Phi) is 8.71. The zero-order valence-corrected chi connectivity index (χ0v) is 21.9. The third kappa shape index (κ3) is 6.73. The first-order valence-corrected chi connectivity index (χ1v) is 13.6. The number of amides is 1. The zero-order valence-electron chi connectivity index (χ0n) is 21.9. The van der Waals surface area contributed by atoms with Crippen LogP contribution in [0.2, 0.25) is 0 Å². The molecule has 1 saturated heterocycles. The maximum absolute atomic E-state index is 14.3. The summed E-state index contributed by atoms with van der Waals surface area (Å²) in [6.45, 7) is 3.43. The third-order valence-corrected chi connectivity index (χ3v) is 7.37. The van der Waals surface area contributed by atoms with Crippen LogP contribution in [0.1, 0.15) is 48.0 Å². The lowest BCUT2D eigenvalue weighted by atomic mass is 9.91. The van der Waals surface area contributed by atoms with Crippen molar-refractivity contribution in [3.63, 3.8) is 0 Å². The summed E-state index contributed by atoms with van der Waals surface area (Å²) in [6, 6.07) is 14.5. The number of ether oxygens (including phenoxy) is 2. The molecule has 0 atom stereocenters. The molecule has 4 N–H and O–H groups in total. The number of hydrogen-bond acceptors (Lipinski definition) is 7. The average molecular weight is 535 g/mol. The molecule has 8 nitrogen and oxygen atoms in total. The van der Waals surface area contributed by atoms with Gasteiger partial charge in [-0.05, 0) is 43.7 Å². The van der Waals surface area contributed by atoms with Crippen molar-refractivity contribution >= 4 is 5.91 Å². The smallest absolute Gasteiger partial charge is 0.257 e. The fourth-order valence-corrected chi connectivity index (χ4v) is 5.19. The van der Waals surface area contributed by atoms with Crippen LogP contribution in [-0.4, -0.2) is 59.3 Å². The number of aromatic hydroxyl groups is 1. The first-order valence-electron chi connectivity index (χ1n) is 13.6. The van der Waals surface area contributed by atoms with Gasteiger partial charge in [-0.3, -0.25) is 9.69 Å². The highest BCUT2D eigenvalue weighted by Crippen LogP contribution is 2.42. The molecule has 0 spiro atoms. The molecule has 1 aromatic heterocycles. The summed E-state index contributed by atoms with van der Waals surface area (Å²) in [5.41, 5.74) is 8.10. The first kappa shape index (κ1) is 27.1. The van der Waals surface area contributed by atoms with Crippen molar-refractivity contribution in [2.45, 2.75) is 50.7 Å². The van der Waals surface area contributed by atoms with Crippen LogP contribution in [0.3, 0.4) is 0 Å². The van der Waals surface area contributed by atoms with Crippen molar-refractivity contribution in [3.8, 4) is 28.5 Å². The number of benzene rings is 2. The Morgan fingerprint density at radius 1 is 1.13 bits per heavy atom. The van der Waals surface area contributed by atoms with E-state index in [1.165, 1.54) is 0 Å². The van der Waals surface area contributed by atoms with Crippen molar-refractivity contribution in [2.24, 2.45) is 5.73 Å². The molecule has 5 rings (SSSR count). The molecular formula is C30H35FN4O4. The lowest BCUT2D eigenvalue weighted by Gasteiger charge is -2.27. The summed E-state index contributed by atoms with van der Waals surface area (Å²) >= 11 is 0. The van der Waals surface area contributed by atoms with Crippen LogP contribution >= 0.6 is 0 Å². The summed E-state index contributed by atoms with van der Waals surface area (Å²) in [4.78, 5) is 19.6. The number of phenols is 1. The van der Waals surface area contributed by atoms with E-state index in [1.54, 1.807) is 0 Å². The summed E-state index contributed by atoms with van der Waals surface area (Å²) in [5.74, 6) is -1.06. The van der Waals surface area contributed by atoms with Crippen molar-refractivity contribution in [1.29, 1.82) is 0 Å². The molecule has 1 amide bonds. The average Bonchev–Trinajstić information content (AvgIpc) is 3.22. The van der Waals surface area contributed by atoms with Crippen LogP contribution in [0.15, 0.2) is 54.7 Å². The molecule has 39 heavy (non-hydrogen) atoms. The van der Waals surface area contributed by atoms with Crippen molar-refractivity contribution in [3.05, 3.63) is 71.7 Å². The monoisotopic (exact) mass is 534 g/mol. The van der Waals surface area contributed by atoms with E-state index >= 15 is 0 Å². The number of halogens is 1. The van der Waals surface area contributed by atoms with Gasteiger partial charge >= 0.3 is 0 Å². The second kappa shape index (κ2) is 12.5. The molecule has 9 heteroatoms. The summed E-state index contributed by atoms with van der Waals surface area (Å²) in [6.07, 6.45) is 5.07. The number of nitrogens with one attached hydrogen (secondary N) is 1. The van der Waals surface area contributed by atoms with E-state index in [2.05, 4.69) is 15.2 Å². The fraction of sp³-hybridized carbons (Fsp3) is 0.400. The fourth-order valence-electron chi connectivity index (χ4n) is 5.19. The largest absolute Gasteiger partial charge is 0.504 e. The number of nitrogens with two attached hydrogens (primary N) is 1. The van der Waals surface area contributed by atoms with Gasteiger partial charge in [0.15, 0.2) is 11.5 Å². The number of carbonyl (C=O) groups excluding carboxylic acids is 1. The highest BCUT2D eigenvalue weighted by Gasteiger charge is 2.25. The van der Waals surface area contributed by atoms with Crippen LogP contribution in [0.25, 0.3) is 11.1 Å². The van der Waals surface area contributed by atoms with Gasteiger partial charge < -0.3 is 25.6 Å². The molecule has 1 aliphatic heterocycles. The minimum atomic E-state index is -0.648. The third-order valence-electron chi connectivity index (χ3n) is 7.37. The maximum Gasteiger partial charge on any atom is 0.257 e. The van der Waals surface area contributed by atoms with Crippen molar-refractivity contribution < 1.29 is 23.8 Å². The second-order valence-corrected chi connectivity index (χ2v) is 10.3. The normalized spacial score (nSPS) is 20.3. The number of rotatable bonds is 7. The molecule has 206 valence electrons. The number of nitrogens with zero attached hydrogens (tertiary/aromatic N) is 2. The molecule has 2 fully saturated rings. The molecule has 3 aromatic rings. The number of hydrogen-bond donors (Lipinski definition) is 3. The van der Waals surface area contributed by atoms with E-state index in [1.807, 2.05) is 42.5 Å². The van der Waals surface area contributed by atoms with E-state index in [4.69, 9.17) is 15.2 Å². The highest BCUT2D eigenvalue weighted by atomic mass is 19.1.